The highest BCUT2D eigenvalue weighted by Crippen LogP contribution is 2.23. The van der Waals surface area contributed by atoms with Gasteiger partial charge in [0.25, 0.3) is 5.91 Å². The van der Waals surface area contributed by atoms with E-state index in [1.165, 1.54) is 23.1 Å². The highest BCUT2D eigenvalue weighted by atomic mass is 16.5. The first-order valence-corrected chi connectivity index (χ1v) is 6.74. The summed E-state index contributed by atoms with van der Waals surface area (Å²) in [6.07, 6.45) is 0.979. The summed E-state index contributed by atoms with van der Waals surface area (Å²) in [4.78, 5) is 13.7. The number of aromatic hydroxyl groups is 1. The molecule has 1 amide bonds. The first kappa shape index (κ1) is 15.3. The summed E-state index contributed by atoms with van der Waals surface area (Å²) in [5.74, 6) is -0.531. The Morgan fingerprint density at radius 1 is 1.48 bits per heavy atom. The SMILES string of the molecule is CN(CC1(O)CCOCC1)C(=O)c1ccc(C#N)c(O)c1. The lowest BCUT2D eigenvalue weighted by molar-refractivity contribution is -0.0734. The van der Waals surface area contributed by atoms with E-state index in [2.05, 4.69) is 0 Å². The normalized spacial score (nSPS) is 17.0. The van der Waals surface area contributed by atoms with E-state index in [0.29, 0.717) is 26.1 Å². The molecule has 0 aliphatic carbocycles. The number of hydrogen-bond donors (Lipinski definition) is 2. The quantitative estimate of drug-likeness (QED) is 0.861. The summed E-state index contributed by atoms with van der Waals surface area (Å²) in [6.45, 7) is 1.17. The van der Waals surface area contributed by atoms with Gasteiger partial charge in [0.2, 0.25) is 0 Å². The third-order valence-electron chi connectivity index (χ3n) is 3.67. The summed E-state index contributed by atoms with van der Waals surface area (Å²) in [6, 6.07) is 6.00. The van der Waals surface area contributed by atoms with E-state index >= 15 is 0 Å². The standard InChI is InChI=1S/C15H18N2O4/c1-17(10-15(20)4-6-21-7-5-15)14(19)11-2-3-12(9-16)13(18)8-11/h2-3,8,18,20H,4-7,10H2,1H3. The minimum atomic E-state index is -0.933. The van der Waals surface area contributed by atoms with E-state index in [4.69, 9.17) is 10.00 Å². The Morgan fingerprint density at radius 3 is 2.71 bits per heavy atom. The van der Waals surface area contributed by atoms with E-state index in [-0.39, 0.29) is 29.3 Å². The third-order valence-corrected chi connectivity index (χ3v) is 3.67. The minimum Gasteiger partial charge on any atom is -0.507 e. The van der Waals surface area contributed by atoms with Crippen molar-refractivity contribution >= 4 is 5.91 Å². The lowest BCUT2D eigenvalue weighted by Gasteiger charge is -2.35. The number of phenols is 1. The topological polar surface area (TPSA) is 93.8 Å². The predicted octanol–water partition coefficient (Wildman–Crippen LogP) is 0.877. The Balaban J connectivity index is 2.08. The van der Waals surface area contributed by atoms with Crippen molar-refractivity contribution in [3.63, 3.8) is 0 Å². The molecule has 21 heavy (non-hydrogen) atoms. The molecule has 1 fully saturated rings. The fraction of sp³-hybridized carbons (Fsp3) is 0.467. The smallest absolute Gasteiger partial charge is 0.253 e. The number of nitriles is 1. The Morgan fingerprint density at radius 2 is 2.14 bits per heavy atom. The zero-order valence-corrected chi connectivity index (χ0v) is 11.9. The molecule has 2 rings (SSSR count). The molecule has 0 spiro atoms. The van der Waals surface area contributed by atoms with Crippen LogP contribution in [0.1, 0.15) is 28.8 Å². The molecule has 1 heterocycles. The van der Waals surface area contributed by atoms with Gasteiger partial charge in [-0.2, -0.15) is 5.26 Å². The van der Waals surface area contributed by atoms with Crippen LogP contribution in [0.3, 0.4) is 0 Å². The van der Waals surface area contributed by atoms with Gasteiger partial charge in [-0.3, -0.25) is 4.79 Å². The lowest BCUT2D eigenvalue weighted by atomic mass is 9.93. The van der Waals surface area contributed by atoms with Crippen molar-refractivity contribution in [2.45, 2.75) is 18.4 Å². The maximum absolute atomic E-state index is 12.3. The van der Waals surface area contributed by atoms with E-state index in [1.54, 1.807) is 7.05 Å². The number of carbonyl (C=O) groups excluding carboxylic acids is 1. The van der Waals surface area contributed by atoms with Crippen molar-refractivity contribution in [2.75, 3.05) is 26.8 Å². The number of nitrogens with zero attached hydrogens (tertiary/aromatic N) is 2. The molecule has 2 N–H and O–H groups in total. The molecule has 1 aromatic rings. The molecule has 1 saturated heterocycles. The molecule has 1 aliphatic rings. The monoisotopic (exact) mass is 290 g/mol. The Hall–Kier alpha value is -2.10. The van der Waals surface area contributed by atoms with Gasteiger partial charge in [-0.1, -0.05) is 0 Å². The second kappa shape index (κ2) is 6.12. The van der Waals surface area contributed by atoms with Gasteiger partial charge >= 0.3 is 0 Å². The molecule has 6 heteroatoms. The molecule has 0 radical (unpaired) electrons. The van der Waals surface area contributed by atoms with Crippen LogP contribution in [-0.4, -0.2) is 53.4 Å². The molecule has 6 nitrogen and oxygen atoms in total. The van der Waals surface area contributed by atoms with Crippen molar-refractivity contribution in [1.82, 2.24) is 4.90 Å². The van der Waals surface area contributed by atoms with Crippen molar-refractivity contribution in [3.05, 3.63) is 29.3 Å². The number of phenolic OH excluding ortho intramolecular Hbond substituents is 1. The maximum Gasteiger partial charge on any atom is 0.253 e. The van der Waals surface area contributed by atoms with E-state index in [9.17, 15) is 15.0 Å². The van der Waals surface area contributed by atoms with Crippen LogP contribution in [0.5, 0.6) is 5.75 Å². The van der Waals surface area contributed by atoms with Crippen molar-refractivity contribution in [1.29, 1.82) is 5.26 Å². The largest absolute Gasteiger partial charge is 0.507 e. The predicted molar refractivity (Wildman–Crippen MR) is 74.8 cm³/mol. The molecule has 0 atom stereocenters. The van der Waals surface area contributed by atoms with Crippen LogP contribution in [0, 0.1) is 11.3 Å². The molecular weight excluding hydrogens is 272 g/mol. The maximum atomic E-state index is 12.3. The highest BCUT2D eigenvalue weighted by molar-refractivity contribution is 5.94. The average Bonchev–Trinajstić information content (AvgIpc) is 2.46. The highest BCUT2D eigenvalue weighted by Gasteiger charge is 2.32. The molecule has 0 unspecified atom stereocenters. The number of benzene rings is 1. The number of aliphatic hydroxyl groups is 1. The zero-order chi connectivity index (χ0) is 15.5. The van der Waals surface area contributed by atoms with Gasteiger partial charge in [0.15, 0.2) is 0 Å². The van der Waals surface area contributed by atoms with Gasteiger partial charge in [0.05, 0.1) is 11.2 Å². The average molecular weight is 290 g/mol. The van der Waals surface area contributed by atoms with E-state index in [1.807, 2.05) is 6.07 Å². The molecule has 0 bridgehead atoms. The van der Waals surface area contributed by atoms with E-state index < -0.39 is 5.60 Å². The number of amides is 1. The first-order valence-electron chi connectivity index (χ1n) is 6.74. The molecule has 1 aliphatic heterocycles. The van der Waals surface area contributed by atoms with Crippen molar-refractivity contribution in [3.8, 4) is 11.8 Å². The molecule has 0 saturated carbocycles. The van der Waals surface area contributed by atoms with Crippen LogP contribution in [0.25, 0.3) is 0 Å². The number of carbonyl (C=O) groups is 1. The van der Waals surface area contributed by atoms with Gasteiger partial charge in [0.1, 0.15) is 11.8 Å². The van der Waals surface area contributed by atoms with Gasteiger partial charge in [0, 0.05) is 45.2 Å². The Labute approximate surface area is 123 Å². The van der Waals surface area contributed by atoms with Gasteiger partial charge < -0.3 is 19.8 Å². The van der Waals surface area contributed by atoms with Crippen LogP contribution >= 0.6 is 0 Å². The van der Waals surface area contributed by atoms with Crippen molar-refractivity contribution in [2.24, 2.45) is 0 Å². The van der Waals surface area contributed by atoms with Crippen molar-refractivity contribution < 1.29 is 19.7 Å². The van der Waals surface area contributed by atoms with Crippen LogP contribution in [0.15, 0.2) is 18.2 Å². The Kier molecular flexibility index (Phi) is 4.46. The fourth-order valence-corrected chi connectivity index (χ4v) is 2.40. The summed E-state index contributed by atoms with van der Waals surface area (Å²) in [5, 5.41) is 28.8. The zero-order valence-electron chi connectivity index (χ0n) is 11.9. The van der Waals surface area contributed by atoms with Gasteiger partial charge in [-0.15, -0.1) is 0 Å². The van der Waals surface area contributed by atoms with Crippen LogP contribution in [0.4, 0.5) is 0 Å². The van der Waals surface area contributed by atoms with Crippen LogP contribution in [-0.2, 0) is 4.74 Å². The summed E-state index contributed by atoms with van der Waals surface area (Å²) >= 11 is 0. The molecular formula is C15H18N2O4. The fourth-order valence-electron chi connectivity index (χ4n) is 2.40. The summed E-state index contributed by atoms with van der Waals surface area (Å²) in [7, 11) is 1.60. The van der Waals surface area contributed by atoms with Crippen LogP contribution < -0.4 is 0 Å². The number of ether oxygens (including phenoxy) is 1. The summed E-state index contributed by atoms with van der Waals surface area (Å²) in [5.41, 5.74) is -0.529. The van der Waals surface area contributed by atoms with Gasteiger partial charge in [-0.05, 0) is 18.2 Å². The number of rotatable bonds is 3. The second-order valence-corrected chi connectivity index (χ2v) is 5.34. The van der Waals surface area contributed by atoms with Gasteiger partial charge in [-0.25, -0.2) is 0 Å². The second-order valence-electron chi connectivity index (χ2n) is 5.34. The molecule has 112 valence electrons. The first-order chi connectivity index (χ1) is 9.95. The minimum absolute atomic E-state index is 0.122. The number of likely N-dealkylation sites (N-methyl/N-ethyl adjacent to an activating group) is 1. The summed E-state index contributed by atoms with van der Waals surface area (Å²) < 4.78 is 5.21. The molecule has 1 aromatic carbocycles. The van der Waals surface area contributed by atoms with Crippen LogP contribution in [0.2, 0.25) is 0 Å². The third kappa shape index (κ3) is 3.51. The lowest BCUT2D eigenvalue weighted by Crippen LogP contribution is -2.47. The number of hydrogen-bond acceptors (Lipinski definition) is 5. The Bertz CT molecular complexity index is 574. The van der Waals surface area contributed by atoms with E-state index in [0.717, 1.165) is 0 Å². The molecule has 0 aromatic heterocycles.